The van der Waals surface area contributed by atoms with Gasteiger partial charge in [0, 0.05) is 6.20 Å². The number of aromatic nitrogens is 2. The van der Waals surface area contributed by atoms with E-state index in [1.165, 1.54) is 6.07 Å². The van der Waals surface area contributed by atoms with Gasteiger partial charge in [-0.3, -0.25) is 0 Å². The van der Waals surface area contributed by atoms with Crippen LogP contribution >= 0.6 is 0 Å². The number of hydrogen-bond acceptors (Lipinski definition) is 4. The number of nitrogens with zero attached hydrogens (tertiary/aromatic N) is 2. The zero-order valence-corrected chi connectivity index (χ0v) is 9.44. The Morgan fingerprint density at radius 3 is 2.94 bits per heavy atom. The van der Waals surface area contributed by atoms with Crippen LogP contribution in [-0.2, 0) is 6.54 Å². The summed E-state index contributed by atoms with van der Waals surface area (Å²) in [4.78, 5) is 0. The average molecular weight is 232 g/mol. The molecular formula is C12H13FN4. The summed E-state index contributed by atoms with van der Waals surface area (Å²) in [5.74, 6) is -0.299. The molecule has 0 spiro atoms. The van der Waals surface area contributed by atoms with E-state index < -0.39 is 0 Å². The molecule has 0 radical (unpaired) electrons. The van der Waals surface area contributed by atoms with Crippen LogP contribution in [0.2, 0.25) is 0 Å². The highest BCUT2D eigenvalue weighted by atomic mass is 19.1. The lowest BCUT2D eigenvalue weighted by Crippen LogP contribution is -2.05. The van der Waals surface area contributed by atoms with Gasteiger partial charge in [0.1, 0.15) is 5.82 Å². The second kappa shape index (κ2) is 4.78. The number of hydrogen-bond donors (Lipinski definition) is 2. The lowest BCUT2D eigenvalue weighted by atomic mass is 10.2. The minimum atomic E-state index is -0.299. The molecule has 2 aromatic rings. The maximum Gasteiger partial charge on any atom is 0.128 e. The Morgan fingerprint density at radius 1 is 1.41 bits per heavy atom. The van der Waals surface area contributed by atoms with Gasteiger partial charge in [0.15, 0.2) is 0 Å². The molecule has 1 aromatic carbocycles. The standard InChI is InChI=1S/C12H13FN4/c1-8-5-12(11(14)6-10(8)13)15-7-9-3-2-4-16-17-9/h2-6,15H,7,14H2,1H3. The second-order valence-corrected chi connectivity index (χ2v) is 3.76. The van der Waals surface area contributed by atoms with Crippen LogP contribution in [0.3, 0.4) is 0 Å². The summed E-state index contributed by atoms with van der Waals surface area (Å²) in [6.45, 7) is 2.20. The molecule has 0 atom stereocenters. The number of nitrogens with two attached hydrogens (primary N) is 1. The smallest absolute Gasteiger partial charge is 0.128 e. The SMILES string of the molecule is Cc1cc(NCc2cccnn2)c(N)cc1F. The van der Waals surface area contributed by atoms with Crippen molar-refractivity contribution in [2.75, 3.05) is 11.1 Å². The first-order valence-corrected chi connectivity index (χ1v) is 5.23. The molecule has 4 nitrogen and oxygen atoms in total. The lowest BCUT2D eigenvalue weighted by Gasteiger charge is -2.10. The van der Waals surface area contributed by atoms with E-state index in [2.05, 4.69) is 15.5 Å². The van der Waals surface area contributed by atoms with E-state index in [1.54, 1.807) is 19.2 Å². The number of nitrogen functional groups attached to an aromatic ring is 1. The predicted octanol–water partition coefficient (Wildman–Crippen LogP) is 2.12. The molecule has 0 amide bonds. The maximum atomic E-state index is 13.2. The highest BCUT2D eigenvalue weighted by molar-refractivity contribution is 5.67. The molecule has 1 heterocycles. The fraction of sp³-hybridized carbons (Fsp3) is 0.167. The van der Waals surface area contributed by atoms with Gasteiger partial charge in [0.05, 0.1) is 23.6 Å². The quantitative estimate of drug-likeness (QED) is 0.795. The van der Waals surface area contributed by atoms with Crippen LogP contribution < -0.4 is 11.1 Å². The Bertz CT molecular complexity index is 513. The third kappa shape index (κ3) is 2.69. The molecular weight excluding hydrogens is 219 g/mol. The molecule has 0 unspecified atom stereocenters. The van der Waals surface area contributed by atoms with Gasteiger partial charge in [0.2, 0.25) is 0 Å². The van der Waals surface area contributed by atoms with Crippen LogP contribution in [0.25, 0.3) is 0 Å². The zero-order chi connectivity index (χ0) is 12.3. The summed E-state index contributed by atoms with van der Waals surface area (Å²) in [6.07, 6.45) is 1.61. The van der Waals surface area contributed by atoms with Gasteiger partial charge in [-0.15, -0.1) is 0 Å². The Balaban J connectivity index is 2.12. The number of aryl methyl sites for hydroxylation is 1. The summed E-state index contributed by atoms with van der Waals surface area (Å²) in [6, 6.07) is 6.66. The lowest BCUT2D eigenvalue weighted by molar-refractivity contribution is 0.619. The molecule has 1 aromatic heterocycles. The van der Waals surface area contributed by atoms with Crippen LogP contribution in [0, 0.1) is 12.7 Å². The molecule has 0 saturated carbocycles. The minimum Gasteiger partial charge on any atom is -0.397 e. The highest BCUT2D eigenvalue weighted by Gasteiger charge is 2.04. The molecule has 3 N–H and O–H groups in total. The number of anilines is 2. The zero-order valence-electron chi connectivity index (χ0n) is 9.44. The van der Waals surface area contributed by atoms with E-state index in [-0.39, 0.29) is 5.82 Å². The Labute approximate surface area is 98.7 Å². The van der Waals surface area contributed by atoms with E-state index in [9.17, 15) is 4.39 Å². The largest absolute Gasteiger partial charge is 0.397 e. The van der Waals surface area contributed by atoms with Crippen LogP contribution in [0.5, 0.6) is 0 Å². The van der Waals surface area contributed by atoms with E-state index in [0.29, 0.717) is 23.5 Å². The summed E-state index contributed by atoms with van der Waals surface area (Å²) in [5.41, 5.74) is 8.16. The van der Waals surface area contributed by atoms with Crippen molar-refractivity contribution < 1.29 is 4.39 Å². The van der Waals surface area contributed by atoms with Crippen molar-refractivity contribution >= 4 is 11.4 Å². The van der Waals surface area contributed by atoms with E-state index in [0.717, 1.165) is 5.69 Å². The molecule has 0 aliphatic carbocycles. The summed E-state index contributed by atoms with van der Waals surface area (Å²) < 4.78 is 13.2. The normalized spacial score (nSPS) is 10.2. The fourth-order valence-electron chi connectivity index (χ4n) is 1.46. The third-order valence-corrected chi connectivity index (χ3v) is 2.42. The van der Waals surface area contributed by atoms with E-state index >= 15 is 0 Å². The second-order valence-electron chi connectivity index (χ2n) is 3.76. The number of benzene rings is 1. The molecule has 5 heteroatoms. The molecule has 2 rings (SSSR count). The molecule has 88 valence electrons. The van der Waals surface area contributed by atoms with Gasteiger partial charge >= 0.3 is 0 Å². The average Bonchev–Trinajstić information content (AvgIpc) is 2.33. The Morgan fingerprint density at radius 2 is 2.24 bits per heavy atom. The van der Waals surface area contributed by atoms with Crippen molar-refractivity contribution in [3.05, 3.63) is 47.5 Å². The first-order chi connectivity index (χ1) is 8.16. The molecule has 0 bridgehead atoms. The van der Waals surface area contributed by atoms with Crippen molar-refractivity contribution in [2.24, 2.45) is 0 Å². The van der Waals surface area contributed by atoms with Crippen LogP contribution in [-0.4, -0.2) is 10.2 Å². The maximum absolute atomic E-state index is 13.2. The van der Waals surface area contributed by atoms with Gasteiger partial charge < -0.3 is 11.1 Å². The number of nitrogens with one attached hydrogen (secondary N) is 1. The van der Waals surface area contributed by atoms with Crippen LogP contribution in [0.4, 0.5) is 15.8 Å². The molecule has 17 heavy (non-hydrogen) atoms. The number of rotatable bonds is 3. The predicted molar refractivity (Wildman–Crippen MR) is 64.9 cm³/mol. The summed E-state index contributed by atoms with van der Waals surface area (Å²) in [5, 5.41) is 10.8. The molecule has 0 aliphatic heterocycles. The minimum absolute atomic E-state index is 0.299. The van der Waals surface area contributed by atoms with E-state index in [1.807, 2.05) is 12.1 Å². The van der Waals surface area contributed by atoms with Crippen molar-refractivity contribution in [3.63, 3.8) is 0 Å². The topological polar surface area (TPSA) is 63.8 Å². The Hall–Kier alpha value is -2.17. The highest BCUT2D eigenvalue weighted by Crippen LogP contribution is 2.22. The third-order valence-electron chi connectivity index (χ3n) is 2.42. The van der Waals surface area contributed by atoms with Gasteiger partial charge in [-0.05, 0) is 36.8 Å². The molecule has 0 saturated heterocycles. The van der Waals surface area contributed by atoms with Crippen molar-refractivity contribution in [2.45, 2.75) is 13.5 Å². The summed E-state index contributed by atoms with van der Waals surface area (Å²) >= 11 is 0. The molecule has 0 fully saturated rings. The van der Waals surface area contributed by atoms with Crippen molar-refractivity contribution in [1.29, 1.82) is 0 Å². The number of halogens is 1. The monoisotopic (exact) mass is 232 g/mol. The van der Waals surface area contributed by atoms with Crippen LogP contribution in [0.15, 0.2) is 30.5 Å². The van der Waals surface area contributed by atoms with Crippen LogP contribution in [0.1, 0.15) is 11.3 Å². The van der Waals surface area contributed by atoms with Gasteiger partial charge in [0.25, 0.3) is 0 Å². The summed E-state index contributed by atoms with van der Waals surface area (Å²) in [7, 11) is 0. The van der Waals surface area contributed by atoms with E-state index in [4.69, 9.17) is 5.73 Å². The van der Waals surface area contributed by atoms with Crippen molar-refractivity contribution in [1.82, 2.24) is 10.2 Å². The van der Waals surface area contributed by atoms with Gasteiger partial charge in [-0.2, -0.15) is 10.2 Å². The Kier molecular flexibility index (Phi) is 3.18. The first kappa shape index (κ1) is 11.3. The van der Waals surface area contributed by atoms with Gasteiger partial charge in [-0.25, -0.2) is 4.39 Å². The van der Waals surface area contributed by atoms with Gasteiger partial charge in [-0.1, -0.05) is 0 Å². The fourth-order valence-corrected chi connectivity index (χ4v) is 1.46. The molecule has 0 aliphatic rings. The first-order valence-electron chi connectivity index (χ1n) is 5.23. The van der Waals surface area contributed by atoms with Crippen molar-refractivity contribution in [3.8, 4) is 0 Å².